The summed E-state index contributed by atoms with van der Waals surface area (Å²) in [4.78, 5) is 2.71. The number of hydrogen-bond donors (Lipinski definition) is 1. The zero-order valence-corrected chi connectivity index (χ0v) is 13.3. The van der Waals surface area contributed by atoms with Gasteiger partial charge >= 0.3 is 0 Å². The van der Waals surface area contributed by atoms with Gasteiger partial charge in [-0.2, -0.15) is 0 Å². The number of nitrogens with zero attached hydrogens (tertiary/aromatic N) is 1. The van der Waals surface area contributed by atoms with Gasteiger partial charge in [-0.25, -0.2) is 0 Å². The van der Waals surface area contributed by atoms with E-state index >= 15 is 0 Å². The molecule has 2 N–H and O–H groups in total. The van der Waals surface area contributed by atoms with Crippen molar-refractivity contribution in [3.8, 4) is 0 Å². The molecule has 1 aliphatic carbocycles. The zero-order chi connectivity index (χ0) is 13.8. The highest BCUT2D eigenvalue weighted by molar-refractivity contribution is 4.84. The molecule has 19 heavy (non-hydrogen) atoms. The van der Waals surface area contributed by atoms with Crippen molar-refractivity contribution in [3.05, 3.63) is 0 Å². The van der Waals surface area contributed by atoms with Gasteiger partial charge in [0.2, 0.25) is 0 Å². The van der Waals surface area contributed by atoms with Gasteiger partial charge in [-0.1, -0.05) is 20.8 Å². The average molecular weight is 266 g/mol. The lowest BCUT2D eigenvalue weighted by molar-refractivity contribution is 0.162. The summed E-state index contributed by atoms with van der Waals surface area (Å²) in [7, 11) is 0. The topological polar surface area (TPSA) is 29.3 Å². The van der Waals surface area contributed by atoms with Crippen molar-refractivity contribution in [1.29, 1.82) is 0 Å². The normalized spacial score (nSPS) is 38.4. The van der Waals surface area contributed by atoms with Crippen molar-refractivity contribution in [2.75, 3.05) is 19.6 Å². The quantitative estimate of drug-likeness (QED) is 0.847. The van der Waals surface area contributed by atoms with Gasteiger partial charge in [0, 0.05) is 12.6 Å². The zero-order valence-electron chi connectivity index (χ0n) is 13.3. The number of hydrogen-bond acceptors (Lipinski definition) is 2. The van der Waals surface area contributed by atoms with Crippen molar-refractivity contribution in [2.45, 2.75) is 65.3 Å². The molecular weight excluding hydrogens is 232 g/mol. The van der Waals surface area contributed by atoms with Gasteiger partial charge in [0.1, 0.15) is 0 Å². The lowest BCUT2D eigenvalue weighted by Crippen LogP contribution is -2.43. The molecule has 4 unspecified atom stereocenters. The third kappa shape index (κ3) is 4.46. The van der Waals surface area contributed by atoms with E-state index in [9.17, 15) is 0 Å². The van der Waals surface area contributed by atoms with Gasteiger partial charge in [-0.3, -0.25) is 0 Å². The SMILES string of the molecule is CC1CCC(N)C(CN2CCCC(C(C)C)CC2)C1. The van der Waals surface area contributed by atoms with E-state index in [1.807, 2.05) is 0 Å². The second kappa shape index (κ2) is 7.08. The summed E-state index contributed by atoms with van der Waals surface area (Å²) in [5, 5.41) is 0. The number of nitrogens with two attached hydrogens (primary N) is 1. The molecule has 2 heteroatoms. The molecule has 1 saturated heterocycles. The maximum Gasteiger partial charge on any atom is 0.00795 e. The summed E-state index contributed by atoms with van der Waals surface area (Å²) in [5.74, 6) is 3.44. The second-order valence-electron chi connectivity index (χ2n) is 7.58. The van der Waals surface area contributed by atoms with Gasteiger partial charge in [0.25, 0.3) is 0 Å². The predicted molar refractivity (Wildman–Crippen MR) is 83.1 cm³/mol. The Kier molecular flexibility index (Phi) is 5.70. The number of likely N-dealkylation sites (tertiary alicyclic amines) is 1. The highest BCUT2D eigenvalue weighted by atomic mass is 15.1. The fourth-order valence-electron chi connectivity index (χ4n) is 4.09. The van der Waals surface area contributed by atoms with Gasteiger partial charge in [-0.05, 0) is 75.3 Å². The van der Waals surface area contributed by atoms with Crippen LogP contribution in [-0.4, -0.2) is 30.6 Å². The van der Waals surface area contributed by atoms with Crippen LogP contribution in [-0.2, 0) is 0 Å². The van der Waals surface area contributed by atoms with Crippen LogP contribution in [0.15, 0.2) is 0 Å². The summed E-state index contributed by atoms with van der Waals surface area (Å²) < 4.78 is 0. The minimum atomic E-state index is 0.459. The first kappa shape index (κ1) is 15.3. The standard InChI is InChI=1S/C17H34N2/c1-13(2)15-5-4-9-19(10-8-15)12-16-11-14(3)6-7-17(16)18/h13-17H,4-12,18H2,1-3H3. The van der Waals surface area contributed by atoms with Gasteiger partial charge in [-0.15, -0.1) is 0 Å². The minimum absolute atomic E-state index is 0.459. The van der Waals surface area contributed by atoms with Crippen LogP contribution in [0.1, 0.15) is 59.3 Å². The minimum Gasteiger partial charge on any atom is -0.327 e. The Morgan fingerprint density at radius 2 is 1.89 bits per heavy atom. The van der Waals surface area contributed by atoms with Crippen LogP contribution in [0.4, 0.5) is 0 Å². The summed E-state index contributed by atoms with van der Waals surface area (Å²) in [5.41, 5.74) is 6.35. The maximum atomic E-state index is 6.35. The van der Waals surface area contributed by atoms with E-state index < -0.39 is 0 Å². The highest BCUT2D eigenvalue weighted by Crippen LogP contribution is 2.30. The van der Waals surface area contributed by atoms with Crippen molar-refractivity contribution in [2.24, 2.45) is 29.4 Å². The Bertz CT molecular complexity index is 264. The van der Waals surface area contributed by atoms with Crippen LogP contribution in [0.3, 0.4) is 0 Å². The van der Waals surface area contributed by atoms with Crippen molar-refractivity contribution in [1.82, 2.24) is 4.90 Å². The van der Waals surface area contributed by atoms with Crippen LogP contribution in [0.2, 0.25) is 0 Å². The molecule has 1 saturated carbocycles. The molecule has 0 spiro atoms. The molecule has 0 amide bonds. The molecule has 2 rings (SSSR count). The van der Waals surface area contributed by atoms with E-state index in [1.54, 1.807) is 0 Å². The first-order chi connectivity index (χ1) is 9.06. The van der Waals surface area contributed by atoms with Gasteiger partial charge in [0.05, 0.1) is 0 Å². The van der Waals surface area contributed by atoms with Gasteiger partial charge < -0.3 is 10.6 Å². The summed E-state index contributed by atoms with van der Waals surface area (Å²) in [6.07, 6.45) is 8.16. The van der Waals surface area contributed by atoms with Crippen LogP contribution >= 0.6 is 0 Å². The van der Waals surface area contributed by atoms with Gasteiger partial charge in [0.15, 0.2) is 0 Å². The van der Waals surface area contributed by atoms with Crippen molar-refractivity contribution >= 4 is 0 Å². The van der Waals surface area contributed by atoms with E-state index in [4.69, 9.17) is 5.73 Å². The van der Waals surface area contributed by atoms with Crippen LogP contribution in [0.25, 0.3) is 0 Å². The molecule has 1 aliphatic heterocycles. The van der Waals surface area contributed by atoms with E-state index in [0.29, 0.717) is 6.04 Å². The van der Waals surface area contributed by atoms with E-state index in [-0.39, 0.29) is 0 Å². The Morgan fingerprint density at radius 1 is 1.11 bits per heavy atom. The van der Waals surface area contributed by atoms with E-state index in [2.05, 4.69) is 25.7 Å². The monoisotopic (exact) mass is 266 g/mol. The summed E-state index contributed by atoms with van der Waals surface area (Å²) in [6, 6.07) is 0.459. The molecule has 0 bridgehead atoms. The second-order valence-corrected chi connectivity index (χ2v) is 7.58. The summed E-state index contributed by atoms with van der Waals surface area (Å²) in [6.45, 7) is 11.0. The molecule has 1 heterocycles. The maximum absolute atomic E-state index is 6.35. The summed E-state index contributed by atoms with van der Waals surface area (Å²) >= 11 is 0. The Hall–Kier alpha value is -0.0800. The van der Waals surface area contributed by atoms with Crippen molar-refractivity contribution in [3.63, 3.8) is 0 Å². The third-order valence-corrected chi connectivity index (χ3v) is 5.60. The lowest BCUT2D eigenvalue weighted by atomic mass is 9.79. The average Bonchev–Trinajstić information content (AvgIpc) is 2.59. The smallest absolute Gasteiger partial charge is 0.00795 e. The molecule has 0 radical (unpaired) electrons. The largest absolute Gasteiger partial charge is 0.327 e. The highest BCUT2D eigenvalue weighted by Gasteiger charge is 2.28. The molecule has 2 fully saturated rings. The number of rotatable bonds is 3. The van der Waals surface area contributed by atoms with E-state index in [0.717, 1.165) is 23.7 Å². The molecule has 2 nitrogen and oxygen atoms in total. The fourth-order valence-corrected chi connectivity index (χ4v) is 4.09. The molecule has 0 aromatic heterocycles. The van der Waals surface area contributed by atoms with E-state index in [1.165, 1.54) is 58.2 Å². The van der Waals surface area contributed by atoms with Crippen LogP contribution in [0.5, 0.6) is 0 Å². The Balaban J connectivity index is 1.82. The molecular formula is C17H34N2. The first-order valence-corrected chi connectivity index (χ1v) is 8.54. The van der Waals surface area contributed by atoms with Crippen LogP contribution in [0, 0.1) is 23.7 Å². The molecule has 0 aromatic carbocycles. The fraction of sp³-hybridized carbons (Fsp3) is 1.00. The van der Waals surface area contributed by atoms with Crippen LogP contribution < -0.4 is 5.73 Å². The predicted octanol–water partition coefficient (Wildman–Crippen LogP) is 3.51. The Labute approximate surface area is 120 Å². The van der Waals surface area contributed by atoms with Crippen molar-refractivity contribution < 1.29 is 0 Å². The Morgan fingerprint density at radius 3 is 2.63 bits per heavy atom. The third-order valence-electron chi connectivity index (χ3n) is 5.60. The molecule has 0 aromatic rings. The first-order valence-electron chi connectivity index (χ1n) is 8.54. The molecule has 4 atom stereocenters. The lowest BCUT2D eigenvalue weighted by Gasteiger charge is -2.36. The molecule has 2 aliphatic rings. The molecule has 112 valence electrons.